The van der Waals surface area contributed by atoms with Crippen LogP contribution in [0, 0.1) is 0 Å². The molecule has 0 bridgehead atoms. The second kappa shape index (κ2) is 6.58. The number of benzene rings is 1. The van der Waals surface area contributed by atoms with Crippen LogP contribution in [0.3, 0.4) is 0 Å². The van der Waals surface area contributed by atoms with Crippen molar-refractivity contribution >= 4 is 21.7 Å². The van der Waals surface area contributed by atoms with Crippen molar-refractivity contribution in [1.82, 2.24) is 10.3 Å². The molecule has 2 aromatic rings. The molecular formula is C17H20BrN3. The van der Waals surface area contributed by atoms with Crippen LogP contribution in [0.25, 0.3) is 0 Å². The van der Waals surface area contributed by atoms with Gasteiger partial charge in [0.2, 0.25) is 0 Å². The van der Waals surface area contributed by atoms with Crippen molar-refractivity contribution in [3.63, 3.8) is 0 Å². The standard InChI is InChI=1S/C17H20BrN3/c1-21(12-13-4-6-15(18)7-5-13)17-14(3-2-10-19-17)11-20-16-8-9-16/h2-7,10,16,20H,8-9,11-12H2,1H3. The molecule has 0 atom stereocenters. The van der Waals surface area contributed by atoms with Crippen LogP contribution in [-0.2, 0) is 13.1 Å². The number of aromatic nitrogens is 1. The second-order valence-corrected chi connectivity index (χ2v) is 6.54. The first-order valence-corrected chi connectivity index (χ1v) is 8.14. The van der Waals surface area contributed by atoms with Crippen LogP contribution in [0.5, 0.6) is 0 Å². The molecule has 1 aromatic heterocycles. The highest BCUT2D eigenvalue weighted by atomic mass is 79.9. The Kier molecular flexibility index (Phi) is 4.56. The highest BCUT2D eigenvalue weighted by molar-refractivity contribution is 9.10. The van der Waals surface area contributed by atoms with Crippen molar-refractivity contribution < 1.29 is 0 Å². The lowest BCUT2D eigenvalue weighted by Gasteiger charge is -2.21. The van der Waals surface area contributed by atoms with Crippen LogP contribution in [0.1, 0.15) is 24.0 Å². The van der Waals surface area contributed by atoms with Gasteiger partial charge in [0.1, 0.15) is 5.82 Å². The lowest BCUT2D eigenvalue weighted by Crippen LogP contribution is -2.22. The molecule has 1 saturated carbocycles. The molecule has 1 aromatic carbocycles. The normalized spacial score (nSPS) is 14.2. The SMILES string of the molecule is CN(Cc1ccc(Br)cc1)c1ncccc1CNC1CC1. The smallest absolute Gasteiger partial charge is 0.133 e. The van der Waals surface area contributed by atoms with E-state index in [1.54, 1.807) is 0 Å². The van der Waals surface area contributed by atoms with Crippen LogP contribution in [0.2, 0.25) is 0 Å². The third kappa shape index (κ3) is 4.05. The Balaban J connectivity index is 1.70. The first-order chi connectivity index (χ1) is 10.2. The van der Waals surface area contributed by atoms with Crippen LogP contribution < -0.4 is 10.2 Å². The van der Waals surface area contributed by atoms with E-state index in [4.69, 9.17) is 0 Å². The molecule has 3 nitrogen and oxygen atoms in total. The number of hydrogen-bond acceptors (Lipinski definition) is 3. The van der Waals surface area contributed by atoms with E-state index >= 15 is 0 Å². The van der Waals surface area contributed by atoms with Gasteiger partial charge in [0.15, 0.2) is 0 Å². The van der Waals surface area contributed by atoms with E-state index in [0.717, 1.165) is 29.4 Å². The number of rotatable bonds is 6. The number of halogens is 1. The topological polar surface area (TPSA) is 28.2 Å². The van der Waals surface area contributed by atoms with Crippen LogP contribution in [-0.4, -0.2) is 18.1 Å². The maximum Gasteiger partial charge on any atom is 0.133 e. The number of pyridine rings is 1. The van der Waals surface area contributed by atoms with Gasteiger partial charge in [0.05, 0.1) is 0 Å². The highest BCUT2D eigenvalue weighted by Gasteiger charge is 2.21. The summed E-state index contributed by atoms with van der Waals surface area (Å²) in [6.07, 6.45) is 4.49. The van der Waals surface area contributed by atoms with E-state index in [2.05, 4.69) is 68.5 Å². The third-order valence-corrected chi connectivity index (χ3v) is 4.25. The zero-order valence-electron chi connectivity index (χ0n) is 12.2. The molecule has 110 valence electrons. The van der Waals surface area contributed by atoms with E-state index in [1.165, 1.54) is 24.0 Å². The van der Waals surface area contributed by atoms with Gasteiger partial charge in [-0.05, 0) is 36.6 Å². The fourth-order valence-electron chi connectivity index (χ4n) is 2.39. The minimum Gasteiger partial charge on any atom is -0.355 e. The number of hydrogen-bond donors (Lipinski definition) is 1. The molecule has 0 spiro atoms. The number of nitrogens with one attached hydrogen (secondary N) is 1. The summed E-state index contributed by atoms with van der Waals surface area (Å²) in [7, 11) is 2.10. The molecule has 21 heavy (non-hydrogen) atoms. The predicted octanol–water partition coefficient (Wildman–Crippen LogP) is 3.73. The Bertz CT molecular complexity index is 593. The molecule has 0 saturated heterocycles. The Morgan fingerprint density at radius 2 is 2.00 bits per heavy atom. The molecule has 4 heteroatoms. The minimum atomic E-state index is 0.717. The van der Waals surface area contributed by atoms with Crippen molar-refractivity contribution in [2.24, 2.45) is 0 Å². The van der Waals surface area contributed by atoms with E-state index in [-0.39, 0.29) is 0 Å². The van der Waals surface area contributed by atoms with Crippen molar-refractivity contribution in [2.75, 3.05) is 11.9 Å². The third-order valence-electron chi connectivity index (χ3n) is 3.72. The summed E-state index contributed by atoms with van der Waals surface area (Å²) in [5, 5.41) is 3.57. The maximum absolute atomic E-state index is 4.57. The largest absolute Gasteiger partial charge is 0.355 e. The van der Waals surface area contributed by atoms with Crippen molar-refractivity contribution in [3.8, 4) is 0 Å². The zero-order chi connectivity index (χ0) is 14.7. The fourth-order valence-corrected chi connectivity index (χ4v) is 2.66. The van der Waals surface area contributed by atoms with Gasteiger partial charge in [-0.3, -0.25) is 0 Å². The fraction of sp³-hybridized carbons (Fsp3) is 0.353. The van der Waals surface area contributed by atoms with Crippen molar-refractivity contribution in [2.45, 2.75) is 32.0 Å². The molecule has 0 radical (unpaired) electrons. The summed E-state index contributed by atoms with van der Waals surface area (Å²) in [4.78, 5) is 6.78. The molecule has 1 N–H and O–H groups in total. The van der Waals surface area contributed by atoms with Crippen LogP contribution >= 0.6 is 15.9 Å². The summed E-state index contributed by atoms with van der Waals surface area (Å²) < 4.78 is 1.11. The molecule has 0 amide bonds. The van der Waals surface area contributed by atoms with Crippen molar-refractivity contribution in [1.29, 1.82) is 0 Å². The number of nitrogens with zero attached hydrogens (tertiary/aromatic N) is 2. The van der Waals surface area contributed by atoms with Gasteiger partial charge in [-0.2, -0.15) is 0 Å². The summed E-state index contributed by atoms with van der Waals surface area (Å²) in [5.41, 5.74) is 2.55. The molecule has 3 rings (SSSR count). The predicted molar refractivity (Wildman–Crippen MR) is 90.3 cm³/mol. The van der Waals surface area contributed by atoms with Gasteiger partial charge in [-0.25, -0.2) is 4.98 Å². The Morgan fingerprint density at radius 1 is 1.24 bits per heavy atom. The van der Waals surface area contributed by atoms with E-state index in [9.17, 15) is 0 Å². The minimum absolute atomic E-state index is 0.717. The molecule has 0 unspecified atom stereocenters. The Morgan fingerprint density at radius 3 is 2.71 bits per heavy atom. The van der Waals surface area contributed by atoms with E-state index in [1.807, 2.05) is 12.3 Å². The van der Waals surface area contributed by atoms with Crippen LogP contribution in [0.15, 0.2) is 47.1 Å². The maximum atomic E-state index is 4.57. The monoisotopic (exact) mass is 345 g/mol. The molecular weight excluding hydrogens is 326 g/mol. The van der Waals surface area contributed by atoms with Crippen molar-refractivity contribution in [3.05, 3.63) is 58.2 Å². The average molecular weight is 346 g/mol. The Labute approximate surface area is 134 Å². The van der Waals surface area contributed by atoms with Gasteiger partial charge in [-0.1, -0.05) is 34.1 Å². The Hall–Kier alpha value is -1.39. The molecule has 0 aliphatic heterocycles. The summed E-state index contributed by atoms with van der Waals surface area (Å²) in [5.74, 6) is 1.06. The van der Waals surface area contributed by atoms with Crippen LogP contribution in [0.4, 0.5) is 5.82 Å². The average Bonchev–Trinajstić information content (AvgIpc) is 3.32. The van der Waals surface area contributed by atoms with Gasteiger partial charge in [-0.15, -0.1) is 0 Å². The first kappa shape index (κ1) is 14.5. The molecule has 1 fully saturated rings. The lowest BCUT2D eigenvalue weighted by molar-refractivity contribution is 0.683. The van der Waals surface area contributed by atoms with Gasteiger partial charge in [0, 0.05) is 42.4 Å². The number of anilines is 1. The lowest BCUT2D eigenvalue weighted by atomic mass is 10.2. The van der Waals surface area contributed by atoms with Gasteiger partial charge in [0.25, 0.3) is 0 Å². The second-order valence-electron chi connectivity index (χ2n) is 5.62. The molecule has 1 aliphatic carbocycles. The van der Waals surface area contributed by atoms with Gasteiger partial charge >= 0.3 is 0 Å². The van der Waals surface area contributed by atoms with E-state index < -0.39 is 0 Å². The highest BCUT2D eigenvalue weighted by Crippen LogP contribution is 2.22. The summed E-state index contributed by atoms with van der Waals surface area (Å²) >= 11 is 3.47. The molecule has 1 heterocycles. The van der Waals surface area contributed by atoms with Gasteiger partial charge < -0.3 is 10.2 Å². The summed E-state index contributed by atoms with van der Waals surface area (Å²) in [6.45, 7) is 1.76. The quantitative estimate of drug-likeness (QED) is 0.864. The first-order valence-electron chi connectivity index (χ1n) is 7.35. The van der Waals surface area contributed by atoms with E-state index in [0.29, 0.717) is 0 Å². The zero-order valence-corrected chi connectivity index (χ0v) is 13.8. The molecule has 1 aliphatic rings. The summed E-state index contributed by atoms with van der Waals surface area (Å²) in [6, 6.07) is 13.3.